The van der Waals surface area contributed by atoms with Crippen LogP contribution in [-0.2, 0) is 4.79 Å². The van der Waals surface area contributed by atoms with Crippen molar-refractivity contribution in [3.05, 3.63) is 64.8 Å². The number of H-pyrrole nitrogens is 1. The quantitative estimate of drug-likeness (QED) is 0.489. The van der Waals surface area contributed by atoms with E-state index in [1.165, 1.54) is 0 Å². The topological polar surface area (TPSA) is 69.3 Å². The van der Waals surface area contributed by atoms with Crippen LogP contribution in [0.1, 0.15) is 11.1 Å². The molecule has 0 spiro atoms. The first-order valence-corrected chi connectivity index (χ1v) is 7.90. The number of nitrogens with zero attached hydrogens (tertiary/aromatic N) is 1. The van der Waals surface area contributed by atoms with E-state index in [1.807, 2.05) is 55.6 Å². The Labute approximate surface area is 144 Å². The Balaban J connectivity index is 1.56. The fourth-order valence-electron chi connectivity index (χ4n) is 2.39. The van der Waals surface area contributed by atoms with Crippen molar-refractivity contribution in [1.29, 1.82) is 0 Å². The van der Waals surface area contributed by atoms with Crippen molar-refractivity contribution < 1.29 is 4.79 Å². The molecule has 2 aromatic carbocycles. The van der Waals surface area contributed by atoms with E-state index >= 15 is 0 Å². The van der Waals surface area contributed by atoms with Gasteiger partial charge in [0.05, 0.1) is 12.8 Å². The number of carbonyl (C=O) groups is 1. The van der Waals surface area contributed by atoms with Gasteiger partial charge in [0.1, 0.15) is 0 Å². The van der Waals surface area contributed by atoms with Gasteiger partial charge in [0.2, 0.25) is 0 Å². The molecule has 1 aromatic heterocycles. The van der Waals surface area contributed by atoms with E-state index in [1.54, 1.807) is 6.21 Å². The smallest absolute Gasteiger partial charge is 0.259 e. The molecule has 0 aliphatic carbocycles. The van der Waals surface area contributed by atoms with E-state index in [0.29, 0.717) is 5.02 Å². The van der Waals surface area contributed by atoms with Crippen molar-refractivity contribution in [3.8, 4) is 0 Å². The van der Waals surface area contributed by atoms with Crippen LogP contribution in [0.5, 0.6) is 0 Å². The number of fused-ring (bicyclic) bond motifs is 1. The molecule has 24 heavy (non-hydrogen) atoms. The highest BCUT2D eigenvalue weighted by molar-refractivity contribution is 6.31. The van der Waals surface area contributed by atoms with E-state index in [2.05, 4.69) is 20.8 Å². The molecule has 0 saturated carbocycles. The molecule has 0 aliphatic heterocycles. The third-order valence-electron chi connectivity index (χ3n) is 3.72. The van der Waals surface area contributed by atoms with Crippen LogP contribution in [0.4, 0.5) is 5.69 Å². The van der Waals surface area contributed by atoms with Crippen LogP contribution in [0.25, 0.3) is 10.9 Å². The van der Waals surface area contributed by atoms with Gasteiger partial charge in [0.15, 0.2) is 0 Å². The minimum Gasteiger partial charge on any atom is -0.376 e. The second kappa shape index (κ2) is 7.19. The van der Waals surface area contributed by atoms with E-state index in [-0.39, 0.29) is 12.5 Å². The number of aromatic amines is 1. The van der Waals surface area contributed by atoms with Crippen molar-refractivity contribution in [3.63, 3.8) is 0 Å². The lowest BCUT2D eigenvalue weighted by Gasteiger charge is -2.09. The van der Waals surface area contributed by atoms with Crippen LogP contribution in [0.2, 0.25) is 5.02 Å². The van der Waals surface area contributed by atoms with E-state index < -0.39 is 0 Å². The third-order valence-corrected chi connectivity index (χ3v) is 4.13. The number of rotatable bonds is 5. The minimum atomic E-state index is -0.231. The molecular formula is C18H17ClN4O. The molecular weight excluding hydrogens is 324 g/mol. The molecule has 5 nitrogen and oxygen atoms in total. The Morgan fingerprint density at radius 2 is 2.08 bits per heavy atom. The highest BCUT2D eigenvalue weighted by Gasteiger charge is 2.04. The molecule has 0 fully saturated rings. The number of hydrazone groups is 1. The molecule has 3 N–H and O–H groups in total. The average molecular weight is 341 g/mol. The first-order chi connectivity index (χ1) is 11.6. The van der Waals surface area contributed by atoms with E-state index in [9.17, 15) is 4.79 Å². The van der Waals surface area contributed by atoms with Gasteiger partial charge in [-0.3, -0.25) is 4.79 Å². The second-order valence-corrected chi connectivity index (χ2v) is 5.76. The van der Waals surface area contributed by atoms with Crippen LogP contribution < -0.4 is 10.7 Å². The number of amides is 1. The van der Waals surface area contributed by atoms with Gasteiger partial charge in [-0.15, -0.1) is 0 Å². The van der Waals surface area contributed by atoms with Crippen molar-refractivity contribution in [2.45, 2.75) is 6.92 Å². The molecule has 0 unspecified atom stereocenters. The highest BCUT2D eigenvalue weighted by Crippen LogP contribution is 2.22. The lowest BCUT2D eigenvalue weighted by Crippen LogP contribution is -2.26. The van der Waals surface area contributed by atoms with Gasteiger partial charge < -0.3 is 10.3 Å². The number of para-hydroxylation sites is 1. The summed E-state index contributed by atoms with van der Waals surface area (Å²) in [6, 6.07) is 13.4. The highest BCUT2D eigenvalue weighted by atomic mass is 35.5. The standard InChI is InChI=1S/C18H17ClN4O/c1-12-15(19)6-4-8-16(12)21-11-18(24)23-22-10-13-9-20-17-7-3-2-5-14(13)17/h2-10,20-21H,11H2,1H3,(H,23,24)/b22-10-. The van der Waals surface area contributed by atoms with Gasteiger partial charge in [-0.05, 0) is 30.7 Å². The Morgan fingerprint density at radius 3 is 2.96 bits per heavy atom. The molecule has 3 aromatic rings. The predicted molar refractivity (Wildman–Crippen MR) is 98.7 cm³/mol. The van der Waals surface area contributed by atoms with Crippen LogP contribution >= 0.6 is 11.6 Å². The zero-order valence-corrected chi connectivity index (χ0v) is 13.9. The van der Waals surface area contributed by atoms with Gasteiger partial charge in [0.25, 0.3) is 5.91 Å². The molecule has 0 radical (unpaired) electrons. The summed E-state index contributed by atoms with van der Waals surface area (Å²) in [5.41, 5.74) is 6.21. The van der Waals surface area contributed by atoms with Crippen molar-refractivity contribution in [2.75, 3.05) is 11.9 Å². The van der Waals surface area contributed by atoms with Gasteiger partial charge >= 0.3 is 0 Å². The molecule has 0 atom stereocenters. The van der Waals surface area contributed by atoms with Crippen LogP contribution in [-0.4, -0.2) is 23.7 Å². The minimum absolute atomic E-state index is 0.117. The van der Waals surface area contributed by atoms with Gasteiger partial charge in [-0.1, -0.05) is 35.9 Å². The number of carbonyl (C=O) groups excluding carboxylic acids is 1. The average Bonchev–Trinajstić information content (AvgIpc) is 3.00. The normalized spacial score (nSPS) is 11.1. The Morgan fingerprint density at radius 1 is 1.25 bits per heavy atom. The van der Waals surface area contributed by atoms with Crippen LogP contribution in [0.15, 0.2) is 53.8 Å². The summed E-state index contributed by atoms with van der Waals surface area (Å²) in [6.07, 6.45) is 3.48. The zero-order chi connectivity index (χ0) is 16.9. The largest absolute Gasteiger partial charge is 0.376 e. The molecule has 3 rings (SSSR count). The number of hydrogen-bond donors (Lipinski definition) is 3. The zero-order valence-electron chi connectivity index (χ0n) is 13.1. The summed E-state index contributed by atoms with van der Waals surface area (Å²) in [4.78, 5) is 15.0. The third kappa shape index (κ3) is 3.58. The van der Waals surface area contributed by atoms with E-state index in [4.69, 9.17) is 11.6 Å². The number of nitrogens with one attached hydrogen (secondary N) is 3. The summed E-state index contributed by atoms with van der Waals surface area (Å²) in [7, 11) is 0. The number of hydrogen-bond acceptors (Lipinski definition) is 3. The molecule has 1 heterocycles. The van der Waals surface area contributed by atoms with Crippen LogP contribution in [0.3, 0.4) is 0 Å². The first-order valence-electron chi connectivity index (χ1n) is 7.52. The Bertz CT molecular complexity index is 901. The monoisotopic (exact) mass is 340 g/mol. The van der Waals surface area contributed by atoms with Crippen LogP contribution in [0, 0.1) is 6.92 Å². The Kier molecular flexibility index (Phi) is 4.82. The summed E-state index contributed by atoms with van der Waals surface area (Å²) in [6.45, 7) is 2.02. The fraction of sp³-hybridized carbons (Fsp3) is 0.111. The van der Waals surface area contributed by atoms with Gasteiger partial charge in [-0.25, -0.2) is 5.43 Å². The predicted octanol–water partition coefficient (Wildman–Crippen LogP) is 3.69. The lowest BCUT2D eigenvalue weighted by molar-refractivity contribution is -0.119. The summed E-state index contributed by atoms with van der Waals surface area (Å²) < 4.78 is 0. The van der Waals surface area contributed by atoms with E-state index in [0.717, 1.165) is 27.7 Å². The molecule has 0 aliphatic rings. The van der Waals surface area contributed by atoms with Gasteiger partial charge in [0, 0.05) is 33.4 Å². The number of halogens is 1. The second-order valence-electron chi connectivity index (χ2n) is 5.35. The first kappa shape index (κ1) is 16.1. The summed E-state index contributed by atoms with van der Waals surface area (Å²) in [5, 5.41) is 8.78. The lowest BCUT2D eigenvalue weighted by atomic mass is 10.2. The molecule has 6 heteroatoms. The number of benzene rings is 2. The van der Waals surface area contributed by atoms with Crippen molar-refractivity contribution >= 4 is 40.3 Å². The number of anilines is 1. The molecule has 122 valence electrons. The fourth-order valence-corrected chi connectivity index (χ4v) is 2.56. The number of aromatic nitrogens is 1. The SMILES string of the molecule is Cc1c(Cl)cccc1NCC(=O)N/N=C\c1c[nH]c2ccccc12. The molecule has 1 amide bonds. The Hall–Kier alpha value is -2.79. The maximum absolute atomic E-state index is 11.9. The maximum Gasteiger partial charge on any atom is 0.259 e. The van der Waals surface area contributed by atoms with Crippen molar-refractivity contribution in [1.82, 2.24) is 10.4 Å². The summed E-state index contributed by atoms with van der Waals surface area (Å²) in [5.74, 6) is -0.231. The molecule has 0 bridgehead atoms. The maximum atomic E-state index is 11.9. The van der Waals surface area contributed by atoms with Crippen molar-refractivity contribution in [2.24, 2.45) is 5.10 Å². The summed E-state index contributed by atoms with van der Waals surface area (Å²) >= 11 is 6.05. The van der Waals surface area contributed by atoms with Gasteiger partial charge in [-0.2, -0.15) is 5.10 Å². The molecule has 0 saturated heterocycles.